The molecule has 1 rings (SSSR count). The Bertz CT molecular complexity index is 361. The molecule has 2 N–H and O–H groups in total. The summed E-state index contributed by atoms with van der Waals surface area (Å²) in [6, 6.07) is 4.12. The third-order valence-electron chi connectivity index (χ3n) is 2.93. The molecule has 1 unspecified atom stereocenters. The lowest BCUT2D eigenvalue weighted by Crippen LogP contribution is -2.18. The first-order valence-electron chi connectivity index (χ1n) is 5.58. The molecule has 3 nitrogen and oxygen atoms in total. The van der Waals surface area contributed by atoms with Crippen molar-refractivity contribution in [3.8, 4) is 0 Å². The van der Waals surface area contributed by atoms with Gasteiger partial charge in [0.05, 0.1) is 6.10 Å². The maximum atomic E-state index is 9.96. The Morgan fingerprint density at radius 3 is 2.44 bits per heavy atom. The van der Waals surface area contributed by atoms with Gasteiger partial charge in [0.25, 0.3) is 0 Å². The van der Waals surface area contributed by atoms with Crippen LogP contribution in [0.15, 0.2) is 12.1 Å². The number of aryl methyl sites for hydroxylation is 1. The molecule has 0 aliphatic heterocycles. The molecule has 0 fully saturated rings. The number of nitrogens with one attached hydrogen (secondary N) is 1. The van der Waals surface area contributed by atoms with Crippen LogP contribution in [0.25, 0.3) is 0 Å². The average molecular weight is 222 g/mol. The summed E-state index contributed by atoms with van der Waals surface area (Å²) in [6.07, 6.45) is -0.442. The fraction of sp³-hybridized carbons (Fsp3) is 0.538. The van der Waals surface area contributed by atoms with E-state index in [1.807, 2.05) is 21.1 Å². The predicted octanol–water partition coefficient (Wildman–Crippen LogP) is 1.62. The van der Waals surface area contributed by atoms with Crippen LogP contribution >= 0.6 is 0 Å². The standard InChI is InChI=1S/C13H22N2O/c1-9-6-11(13(16)8-14-3)7-12(10(9)2)15(4)5/h6-7,13-14,16H,8H2,1-5H3. The number of rotatable bonds is 4. The van der Waals surface area contributed by atoms with Crippen LogP contribution in [0.1, 0.15) is 22.8 Å². The molecule has 0 radical (unpaired) electrons. The molecule has 0 bridgehead atoms. The van der Waals surface area contributed by atoms with E-state index in [0.717, 1.165) is 5.56 Å². The molecule has 1 aromatic rings. The molecule has 0 aliphatic rings. The molecule has 1 atom stereocenters. The van der Waals surface area contributed by atoms with Gasteiger partial charge in [0.2, 0.25) is 0 Å². The van der Waals surface area contributed by atoms with Gasteiger partial charge in [-0.2, -0.15) is 0 Å². The maximum absolute atomic E-state index is 9.96. The van der Waals surface area contributed by atoms with E-state index >= 15 is 0 Å². The van der Waals surface area contributed by atoms with Crippen LogP contribution in [0, 0.1) is 13.8 Å². The lowest BCUT2D eigenvalue weighted by molar-refractivity contribution is 0.178. The topological polar surface area (TPSA) is 35.5 Å². The second-order valence-electron chi connectivity index (χ2n) is 4.45. The Balaban J connectivity index is 3.13. The van der Waals surface area contributed by atoms with E-state index in [2.05, 4.69) is 36.2 Å². The van der Waals surface area contributed by atoms with Crippen LogP contribution in [0.4, 0.5) is 5.69 Å². The number of aliphatic hydroxyl groups excluding tert-OH is 1. The SMILES string of the molecule is CNCC(O)c1cc(C)c(C)c(N(C)C)c1. The normalized spacial score (nSPS) is 12.6. The zero-order valence-electron chi connectivity index (χ0n) is 10.8. The van der Waals surface area contributed by atoms with Crippen molar-refractivity contribution in [3.63, 3.8) is 0 Å². The third kappa shape index (κ3) is 2.74. The minimum absolute atomic E-state index is 0.442. The number of hydrogen-bond acceptors (Lipinski definition) is 3. The van der Waals surface area contributed by atoms with Gasteiger partial charge in [0.1, 0.15) is 0 Å². The minimum Gasteiger partial charge on any atom is -0.387 e. The summed E-state index contributed by atoms with van der Waals surface area (Å²) in [6.45, 7) is 4.77. The first kappa shape index (κ1) is 13.0. The molecule has 0 aliphatic carbocycles. The Labute approximate surface area is 98.1 Å². The number of hydrogen-bond donors (Lipinski definition) is 2. The molecule has 1 aromatic carbocycles. The van der Waals surface area contributed by atoms with Crippen molar-refractivity contribution < 1.29 is 5.11 Å². The monoisotopic (exact) mass is 222 g/mol. The molecule has 0 heterocycles. The zero-order valence-corrected chi connectivity index (χ0v) is 10.8. The largest absolute Gasteiger partial charge is 0.387 e. The molecular formula is C13H22N2O. The zero-order chi connectivity index (χ0) is 12.3. The van der Waals surface area contributed by atoms with Crippen LogP contribution in [-0.4, -0.2) is 32.8 Å². The van der Waals surface area contributed by atoms with Crippen LogP contribution in [-0.2, 0) is 0 Å². The van der Waals surface area contributed by atoms with Gasteiger partial charge in [-0.3, -0.25) is 0 Å². The number of nitrogens with zero attached hydrogens (tertiary/aromatic N) is 1. The van der Waals surface area contributed by atoms with Crippen molar-refractivity contribution in [1.82, 2.24) is 5.32 Å². The highest BCUT2D eigenvalue weighted by Gasteiger charge is 2.11. The molecule has 0 aromatic heterocycles. The van der Waals surface area contributed by atoms with Crippen LogP contribution in [0.5, 0.6) is 0 Å². The van der Waals surface area contributed by atoms with E-state index in [4.69, 9.17) is 0 Å². The Morgan fingerprint density at radius 2 is 1.94 bits per heavy atom. The van der Waals surface area contributed by atoms with E-state index < -0.39 is 6.10 Å². The van der Waals surface area contributed by atoms with Crippen molar-refractivity contribution in [2.45, 2.75) is 20.0 Å². The molecule has 0 saturated heterocycles. The molecule has 90 valence electrons. The second kappa shape index (κ2) is 5.32. The summed E-state index contributed by atoms with van der Waals surface area (Å²) in [5.41, 5.74) is 4.63. The van der Waals surface area contributed by atoms with Crippen molar-refractivity contribution in [2.75, 3.05) is 32.6 Å². The number of likely N-dealkylation sites (N-methyl/N-ethyl adjacent to an activating group) is 1. The third-order valence-corrected chi connectivity index (χ3v) is 2.93. The van der Waals surface area contributed by atoms with Crippen LogP contribution in [0.3, 0.4) is 0 Å². The van der Waals surface area contributed by atoms with Gasteiger partial charge < -0.3 is 15.3 Å². The van der Waals surface area contributed by atoms with Crippen molar-refractivity contribution in [2.24, 2.45) is 0 Å². The predicted molar refractivity (Wildman–Crippen MR) is 69.1 cm³/mol. The van der Waals surface area contributed by atoms with E-state index in [-0.39, 0.29) is 0 Å². The molecule has 16 heavy (non-hydrogen) atoms. The fourth-order valence-electron chi connectivity index (χ4n) is 1.84. The van der Waals surface area contributed by atoms with Gasteiger partial charge in [0, 0.05) is 26.3 Å². The Hall–Kier alpha value is -1.06. The Morgan fingerprint density at radius 1 is 1.31 bits per heavy atom. The van der Waals surface area contributed by atoms with Gasteiger partial charge in [-0.25, -0.2) is 0 Å². The summed E-state index contributed by atoms with van der Waals surface area (Å²) in [5, 5.41) is 12.9. The van der Waals surface area contributed by atoms with Gasteiger partial charge in [0.15, 0.2) is 0 Å². The van der Waals surface area contributed by atoms with Gasteiger partial charge >= 0.3 is 0 Å². The molecular weight excluding hydrogens is 200 g/mol. The highest BCUT2D eigenvalue weighted by Crippen LogP contribution is 2.26. The van der Waals surface area contributed by atoms with Crippen LogP contribution in [0.2, 0.25) is 0 Å². The van der Waals surface area contributed by atoms with E-state index in [1.54, 1.807) is 0 Å². The summed E-state index contributed by atoms with van der Waals surface area (Å²) < 4.78 is 0. The summed E-state index contributed by atoms with van der Waals surface area (Å²) >= 11 is 0. The summed E-state index contributed by atoms with van der Waals surface area (Å²) in [5.74, 6) is 0. The molecule has 0 amide bonds. The number of benzene rings is 1. The Kier molecular flexibility index (Phi) is 4.33. The molecule has 3 heteroatoms. The molecule has 0 saturated carbocycles. The number of aliphatic hydroxyl groups is 1. The first-order chi connectivity index (χ1) is 7.47. The fourth-order valence-corrected chi connectivity index (χ4v) is 1.84. The van der Waals surface area contributed by atoms with Crippen molar-refractivity contribution >= 4 is 5.69 Å². The quantitative estimate of drug-likeness (QED) is 0.812. The van der Waals surface area contributed by atoms with Crippen LogP contribution < -0.4 is 10.2 Å². The van der Waals surface area contributed by atoms with E-state index in [0.29, 0.717) is 6.54 Å². The summed E-state index contributed by atoms with van der Waals surface area (Å²) in [4.78, 5) is 2.08. The smallest absolute Gasteiger partial charge is 0.0915 e. The maximum Gasteiger partial charge on any atom is 0.0915 e. The summed E-state index contributed by atoms with van der Waals surface area (Å²) in [7, 11) is 5.89. The van der Waals surface area contributed by atoms with Gasteiger partial charge in [-0.15, -0.1) is 0 Å². The highest BCUT2D eigenvalue weighted by molar-refractivity contribution is 5.57. The van der Waals surface area contributed by atoms with Crippen molar-refractivity contribution in [1.29, 1.82) is 0 Å². The lowest BCUT2D eigenvalue weighted by Gasteiger charge is -2.21. The highest BCUT2D eigenvalue weighted by atomic mass is 16.3. The lowest BCUT2D eigenvalue weighted by atomic mass is 10.00. The van der Waals surface area contributed by atoms with Gasteiger partial charge in [-0.1, -0.05) is 6.07 Å². The van der Waals surface area contributed by atoms with E-state index in [9.17, 15) is 5.11 Å². The average Bonchev–Trinajstić information content (AvgIpc) is 2.21. The molecule has 0 spiro atoms. The second-order valence-corrected chi connectivity index (χ2v) is 4.45. The minimum atomic E-state index is -0.442. The number of anilines is 1. The van der Waals surface area contributed by atoms with Gasteiger partial charge in [-0.05, 0) is 43.7 Å². The van der Waals surface area contributed by atoms with Crippen molar-refractivity contribution in [3.05, 3.63) is 28.8 Å². The van der Waals surface area contributed by atoms with E-state index in [1.165, 1.54) is 16.8 Å². The first-order valence-corrected chi connectivity index (χ1v) is 5.58.